The van der Waals surface area contributed by atoms with E-state index in [0.717, 1.165) is 44.4 Å². The van der Waals surface area contributed by atoms with Crippen LogP contribution < -0.4 is 14.9 Å². The maximum Gasteiger partial charge on any atom is 0.233 e. The van der Waals surface area contributed by atoms with Crippen molar-refractivity contribution in [3.8, 4) is 0 Å². The van der Waals surface area contributed by atoms with Crippen molar-refractivity contribution in [1.29, 1.82) is 0 Å². The first-order valence-electron chi connectivity index (χ1n) is 7.39. The summed E-state index contributed by atoms with van der Waals surface area (Å²) in [7, 11) is 0. The van der Waals surface area contributed by atoms with Crippen molar-refractivity contribution < 1.29 is 4.79 Å². The molecule has 1 aliphatic carbocycles. The standard InChI is InChI=1S/C13H22N6OS/c1-4-14-11-15-12(19(5-2)6-3)17-13(16-11)21-18-10(20)9-7-8-9/h9H,4-8H2,1-3H3,(H,18,20)(H,14,15,16,17). The molecule has 7 nitrogen and oxygen atoms in total. The summed E-state index contributed by atoms with van der Waals surface area (Å²) in [6.45, 7) is 8.49. The average Bonchev–Trinajstić information content (AvgIpc) is 3.31. The smallest absolute Gasteiger partial charge is 0.233 e. The van der Waals surface area contributed by atoms with Crippen LogP contribution >= 0.6 is 11.9 Å². The second-order valence-electron chi connectivity index (χ2n) is 4.79. The van der Waals surface area contributed by atoms with E-state index in [2.05, 4.69) is 43.7 Å². The minimum atomic E-state index is 0.0646. The Morgan fingerprint density at radius 2 is 1.95 bits per heavy atom. The van der Waals surface area contributed by atoms with Gasteiger partial charge in [0.05, 0.1) is 0 Å². The lowest BCUT2D eigenvalue weighted by Gasteiger charge is -2.19. The highest BCUT2D eigenvalue weighted by molar-refractivity contribution is 7.97. The Kier molecular flexibility index (Phi) is 5.60. The Morgan fingerprint density at radius 1 is 1.24 bits per heavy atom. The lowest BCUT2D eigenvalue weighted by Crippen LogP contribution is -2.25. The van der Waals surface area contributed by atoms with Crippen molar-refractivity contribution in [3.05, 3.63) is 0 Å². The van der Waals surface area contributed by atoms with Gasteiger partial charge in [-0.2, -0.15) is 15.0 Å². The first kappa shape index (κ1) is 15.8. The molecule has 0 aliphatic heterocycles. The predicted octanol–water partition coefficient (Wildman–Crippen LogP) is 1.68. The van der Waals surface area contributed by atoms with Crippen LogP contribution in [0.1, 0.15) is 33.6 Å². The van der Waals surface area contributed by atoms with Crippen LogP contribution in [0, 0.1) is 5.92 Å². The van der Waals surface area contributed by atoms with E-state index in [1.165, 1.54) is 0 Å². The minimum absolute atomic E-state index is 0.0646. The van der Waals surface area contributed by atoms with Crippen LogP contribution in [0.4, 0.5) is 11.9 Å². The van der Waals surface area contributed by atoms with Crippen LogP contribution in [-0.4, -0.2) is 40.5 Å². The Balaban J connectivity index is 2.11. The third kappa shape index (κ3) is 4.45. The molecule has 2 rings (SSSR count). The number of nitrogens with zero attached hydrogens (tertiary/aromatic N) is 4. The van der Waals surface area contributed by atoms with Crippen molar-refractivity contribution in [2.45, 2.75) is 38.8 Å². The zero-order valence-corrected chi connectivity index (χ0v) is 13.5. The summed E-state index contributed by atoms with van der Waals surface area (Å²) in [5.74, 6) is 1.41. The highest BCUT2D eigenvalue weighted by Crippen LogP contribution is 2.30. The van der Waals surface area contributed by atoms with Crippen LogP contribution in [0.5, 0.6) is 0 Å². The van der Waals surface area contributed by atoms with E-state index in [1.807, 2.05) is 6.92 Å². The Bertz CT molecular complexity index is 490. The molecule has 8 heteroatoms. The second kappa shape index (κ2) is 7.44. The summed E-state index contributed by atoms with van der Waals surface area (Å²) >= 11 is 1.16. The number of hydrogen-bond donors (Lipinski definition) is 2. The summed E-state index contributed by atoms with van der Waals surface area (Å²) < 4.78 is 2.81. The van der Waals surface area contributed by atoms with Gasteiger partial charge in [-0.3, -0.25) is 9.52 Å². The molecular formula is C13H22N6OS. The normalized spacial score (nSPS) is 13.9. The van der Waals surface area contributed by atoms with E-state index < -0.39 is 0 Å². The molecule has 0 saturated heterocycles. The van der Waals surface area contributed by atoms with Crippen molar-refractivity contribution >= 4 is 29.8 Å². The molecule has 1 aromatic rings. The third-order valence-corrected chi connectivity index (χ3v) is 3.84. The molecule has 1 fully saturated rings. The maximum absolute atomic E-state index is 11.7. The largest absolute Gasteiger partial charge is 0.354 e. The predicted molar refractivity (Wildman–Crippen MR) is 84.3 cm³/mol. The molecule has 1 heterocycles. The Morgan fingerprint density at radius 3 is 2.52 bits per heavy atom. The van der Waals surface area contributed by atoms with Crippen molar-refractivity contribution in [2.24, 2.45) is 5.92 Å². The number of carbonyl (C=O) groups excluding carboxylic acids is 1. The van der Waals surface area contributed by atoms with Crippen molar-refractivity contribution in [2.75, 3.05) is 29.9 Å². The quantitative estimate of drug-likeness (QED) is 0.707. The molecule has 1 aliphatic rings. The van der Waals surface area contributed by atoms with Gasteiger partial charge in [0.2, 0.25) is 23.0 Å². The first-order valence-corrected chi connectivity index (χ1v) is 8.21. The topological polar surface area (TPSA) is 83.0 Å². The second-order valence-corrected chi connectivity index (χ2v) is 5.56. The zero-order valence-electron chi connectivity index (χ0n) is 12.7. The van der Waals surface area contributed by atoms with Gasteiger partial charge in [0.25, 0.3) is 0 Å². The molecule has 1 saturated carbocycles. The third-order valence-electron chi connectivity index (χ3n) is 3.18. The SMILES string of the molecule is CCNc1nc(SNC(=O)C2CC2)nc(N(CC)CC)n1. The van der Waals surface area contributed by atoms with Gasteiger partial charge >= 0.3 is 0 Å². The monoisotopic (exact) mass is 310 g/mol. The Labute approximate surface area is 129 Å². The van der Waals surface area contributed by atoms with E-state index in [0.29, 0.717) is 17.1 Å². The molecule has 0 unspecified atom stereocenters. The average molecular weight is 310 g/mol. The highest BCUT2D eigenvalue weighted by Gasteiger charge is 2.29. The molecule has 116 valence electrons. The van der Waals surface area contributed by atoms with Crippen LogP contribution in [0.25, 0.3) is 0 Å². The van der Waals surface area contributed by atoms with Gasteiger partial charge in [-0.15, -0.1) is 0 Å². The molecule has 0 aromatic carbocycles. The minimum Gasteiger partial charge on any atom is -0.354 e. The number of anilines is 2. The lowest BCUT2D eigenvalue weighted by molar-refractivity contribution is -0.120. The van der Waals surface area contributed by atoms with Gasteiger partial charge in [0.1, 0.15) is 0 Å². The summed E-state index contributed by atoms with van der Waals surface area (Å²) in [5, 5.41) is 3.61. The molecule has 1 amide bonds. The van der Waals surface area contributed by atoms with Gasteiger partial charge in [0.15, 0.2) is 0 Å². The van der Waals surface area contributed by atoms with Gasteiger partial charge in [-0.05, 0) is 33.6 Å². The maximum atomic E-state index is 11.7. The molecule has 0 spiro atoms. The summed E-state index contributed by atoms with van der Waals surface area (Å²) in [6, 6.07) is 0. The zero-order chi connectivity index (χ0) is 15.2. The van der Waals surface area contributed by atoms with E-state index in [1.54, 1.807) is 0 Å². The summed E-state index contributed by atoms with van der Waals surface area (Å²) in [4.78, 5) is 26.9. The van der Waals surface area contributed by atoms with Crippen LogP contribution in [0.15, 0.2) is 5.16 Å². The Hall–Kier alpha value is -1.57. The number of amides is 1. The molecule has 2 N–H and O–H groups in total. The fraction of sp³-hybridized carbons (Fsp3) is 0.692. The van der Waals surface area contributed by atoms with E-state index in [-0.39, 0.29) is 11.8 Å². The molecule has 0 atom stereocenters. The number of nitrogens with one attached hydrogen (secondary N) is 2. The number of aromatic nitrogens is 3. The number of rotatable bonds is 8. The summed E-state index contributed by atoms with van der Waals surface area (Å²) in [5.41, 5.74) is 0. The van der Waals surface area contributed by atoms with Crippen LogP contribution in [0.2, 0.25) is 0 Å². The van der Waals surface area contributed by atoms with Crippen molar-refractivity contribution in [3.63, 3.8) is 0 Å². The lowest BCUT2D eigenvalue weighted by atomic mass is 10.4. The van der Waals surface area contributed by atoms with Crippen LogP contribution in [0.3, 0.4) is 0 Å². The summed E-state index contributed by atoms with van der Waals surface area (Å²) in [6.07, 6.45) is 1.97. The fourth-order valence-corrected chi connectivity index (χ4v) is 2.42. The number of carbonyl (C=O) groups is 1. The van der Waals surface area contributed by atoms with Gasteiger partial charge in [-0.25, -0.2) is 0 Å². The van der Waals surface area contributed by atoms with E-state index in [4.69, 9.17) is 0 Å². The van der Waals surface area contributed by atoms with E-state index in [9.17, 15) is 4.79 Å². The fourth-order valence-electron chi connectivity index (χ4n) is 1.80. The van der Waals surface area contributed by atoms with Gasteiger partial charge in [0, 0.05) is 37.5 Å². The van der Waals surface area contributed by atoms with E-state index >= 15 is 0 Å². The highest BCUT2D eigenvalue weighted by atomic mass is 32.2. The molecule has 1 aromatic heterocycles. The first-order chi connectivity index (χ1) is 10.2. The molecule has 0 bridgehead atoms. The molecular weight excluding hydrogens is 288 g/mol. The molecule has 0 radical (unpaired) electrons. The van der Waals surface area contributed by atoms with Gasteiger partial charge in [-0.1, -0.05) is 0 Å². The van der Waals surface area contributed by atoms with Crippen LogP contribution in [-0.2, 0) is 4.79 Å². The van der Waals surface area contributed by atoms with Crippen molar-refractivity contribution in [1.82, 2.24) is 19.7 Å². The molecule has 21 heavy (non-hydrogen) atoms. The number of hydrogen-bond acceptors (Lipinski definition) is 7. The van der Waals surface area contributed by atoms with Gasteiger partial charge < -0.3 is 10.2 Å².